The maximum atomic E-state index is 14.5. The zero-order valence-electron chi connectivity index (χ0n) is 24.2. The fourth-order valence-corrected chi connectivity index (χ4v) is 6.25. The van der Waals surface area contributed by atoms with Gasteiger partial charge in [-0.15, -0.1) is 0 Å². The number of aliphatic carboxylic acids is 1. The molecule has 9 heteroatoms. The van der Waals surface area contributed by atoms with Crippen LogP contribution in [0.1, 0.15) is 100 Å². The van der Waals surface area contributed by atoms with Gasteiger partial charge in [-0.2, -0.15) is 0 Å². The zero-order chi connectivity index (χ0) is 29.9. The van der Waals surface area contributed by atoms with Crippen molar-refractivity contribution in [3.63, 3.8) is 0 Å². The fraction of sp³-hybridized carbons (Fsp3) is 0.500. The van der Waals surface area contributed by atoms with Gasteiger partial charge in [0.15, 0.2) is 0 Å². The Kier molecular flexibility index (Phi) is 9.22. The molecule has 0 saturated heterocycles. The van der Waals surface area contributed by atoms with Crippen LogP contribution in [0.5, 0.6) is 0 Å². The van der Waals surface area contributed by atoms with E-state index in [9.17, 15) is 18.8 Å². The van der Waals surface area contributed by atoms with Crippen molar-refractivity contribution in [2.45, 2.75) is 84.3 Å². The standard InChI is InChI=1S/C32H39ClFN3O4/c1-5-6-26(20-7-9-21(10-8-20)29(40)35-18-15-27(38)39)37-30(41)28(22-11-12-24(33)25(34)19-22)36-32(37)16-13-23(14-17-32)31(2,3)4/h7-12,19,23,26H,5-6,13-18H2,1-4H3,(H,35,40)(H,38,39). The number of hydrogen-bond acceptors (Lipinski definition) is 4. The lowest BCUT2D eigenvalue weighted by Crippen LogP contribution is -2.51. The van der Waals surface area contributed by atoms with E-state index in [2.05, 4.69) is 33.0 Å². The van der Waals surface area contributed by atoms with Gasteiger partial charge in [0.05, 0.1) is 17.5 Å². The van der Waals surface area contributed by atoms with Crippen molar-refractivity contribution in [2.24, 2.45) is 16.3 Å². The Morgan fingerprint density at radius 3 is 2.39 bits per heavy atom. The van der Waals surface area contributed by atoms with Crippen LogP contribution in [0, 0.1) is 17.2 Å². The third kappa shape index (κ3) is 6.64. The maximum absolute atomic E-state index is 14.5. The number of nitrogens with one attached hydrogen (secondary N) is 1. The monoisotopic (exact) mass is 583 g/mol. The summed E-state index contributed by atoms with van der Waals surface area (Å²) in [6.45, 7) is 8.85. The number of carboxylic acids is 1. The van der Waals surface area contributed by atoms with Crippen LogP contribution in [0.25, 0.3) is 0 Å². The fourth-order valence-electron chi connectivity index (χ4n) is 6.13. The number of rotatable bonds is 9. The minimum Gasteiger partial charge on any atom is -0.481 e. The molecule has 1 unspecified atom stereocenters. The lowest BCUT2D eigenvalue weighted by Gasteiger charge is -2.47. The van der Waals surface area contributed by atoms with E-state index in [0.717, 1.165) is 24.8 Å². The molecule has 2 aromatic carbocycles. The average molecular weight is 584 g/mol. The van der Waals surface area contributed by atoms with Gasteiger partial charge in [-0.1, -0.05) is 63.9 Å². The molecule has 2 N–H and O–H groups in total. The summed E-state index contributed by atoms with van der Waals surface area (Å²) < 4.78 is 14.5. The SMILES string of the molecule is CCCC(c1ccc(C(=O)NCCC(=O)O)cc1)N1C(=O)C(c2ccc(Cl)c(F)c2)=NC12CCC(C(C)(C)C)CC2. The summed E-state index contributed by atoms with van der Waals surface area (Å²) in [6, 6.07) is 11.2. The third-order valence-corrected chi connectivity index (χ3v) is 8.76. The normalized spacial score (nSPS) is 21.6. The number of hydrogen-bond donors (Lipinski definition) is 2. The van der Waals surface area contributed by atoms with Crippen LogP contribution in [-0.2, 0) is 9.59 Å². The Labute approximate surface area is 246 Å². The van der Waals surface area contributed by atoms with E-state index in [1.54, 1.807) is 18.2 Å². The van der Waals surface area contributed by atoms with Gasteiger partial charge in [-0.05, 0) is 73.3 Å². The minimum atomic E-state index is -0.980. The van der Waals surface area contributed by atoms with E-state index in [0.29, 0.717) is 36.3 Å². The molecule has 1 aliphatic heterocycles. The molecule has 1 aliphatic carbocycles. The summed E-state index contributed by atoms with van der Waals surface area (Å²) in [5.74, 6) is -1.65. The number of benzene rings is 2. The lowest BCUT2D eigenvalue weighted by atomic mass is 9.69. The molecule has 2 aliphatic rings. The Morgan fingerprint density at radius 1 is 1.17 bits per heavy atom. The molecule has 1 saturated carbocycles. The number of carbonyl (C=O) groups is 3. The predicted molar refractivity (Wildman–Crippen MR) is 158 cm³/mol. The number of carboxylic acid groups (broad SMARTS) is 1. The van der Waals surface area contributed by atoms with Gasteiger partial charge in [0.25, 0.3) is 11.8 Å². The summed E-state index contributed by atoms with van der Waals surface area (Å²) in [4.78, 5) is 44.5. The summed E-state index contributed by atoms with van der Waals surface area (Å²) >= 11 is 5.94. The van der Waals surface area contributed by atoms with Crippen molar-refractivity contribution < 1.29 is 23.9 Å². The number of nitrogens with zero attached hydrogens (tertiary/aromatic N) is 2. The molecule has 0 aromatic heterocycles. The second-order valence-electron chi connectivity index (χ2n) is 12.2. The van der Waals surface area contributed by atoms with E-state index in [4.69, 9.17) is 21.7 Å². The Balaban J connectivity index is 1.68. The Morgan fingerprint density at radius 2 is 1.83 bits per heavy atom. The molecule has 41 heavy (non-hydrogen) atoms. The average Bonchev–Trinajstić information content (AvgIpc) is 3.19. The summed E-state index contributed by atoms with van der Waals surface area (Å²) in [7, 11) is 0. The molecule has 1 heterocycles. The van der Waals surface area contributed by atoms with Gasteiger partial charge < -0.3 is 15.3 Å². The number of halogens is 2. The number of aliphatic imine (C=N–C) groups is 1. The first-order chi connectivity index (χ1) is 19.4. The molecule has 1 fully saturated rings. The largest absolute Gasteiger partial charge is 0.481 e. The summed E-state index contributed by atoms with van der Waals surface area (Å²) in [6.07, 6.45) is 4.63. The van der Waals surface area contributed by atoms with E-state index >= 15 is 0 Å². The molecule has 4 rings (SSSR count). The number of amides is 2. The van der Waals surface area contributed by atoms with Gasteiger partial charge in [0, 0.05) is 17.7 Å². The van der Waals surface area contributed by atoms with Crippen molar-refractivity contribution in [1.29, 1.82) is 0 Å². The first kappa shape index (κ1) is 30.7. The van der Waals surface area contributed by atoms with E-state index in [-0.39, 0.29) is 47.0 Å². The summed E-state index contributed by atoms with van der Waals surface area (Å²) in [5, 5.41) is 11.4. The van der Waals surface area contributed by atoms with Crippen molar-refractivity contribution in [2.75, 3.05) is 6.54 Å². The van der Waals surface area contributed by atoms with Crippen LogP contribution in [0.3, 0.4) is 0 Å². The first-order valence-corrected chi connectivity index (χ1v) is 14.7. The van der Waals surface area contributed by atoms with Crippen molar-refractivity contribution in [3.05, 3.63) is 70.0 Å². The van der Waals surface area contributed by atoms with E-state index in [1.807, 2.05) is 17.0 Å². The molecule has 1 spiro atoms. The molecule has 220 valence electrons. The van der Waals surface area contributed by atoms with Crippen LogP contribution in [-0.4, -0.2) is 45.7 Å². The van der Waals surface area contributed by atoms with Gasteiger partial charge in [0.2, 0.25) is 0 Å². The van der Waals surface area contributed by atoms with E-state index in [1.165, 1.54) is 12.1 Å². The molecule has 0 radical (unpaired) electrons. The van der Waals surface area contributed by atoms with E-state index < -0.39 is 17.4 Å². The van der Waals surface area contributed by atoms with Crippen LogP contribution in [0.15, 0.2) is 47.5 Å². The summed E-state index contributed by atoms with van der Waals surface area (Å²) in [5.41, 5.74) is 1.38. The molecule has 7 nitrogen and oxygen atoms in total. The van der Waals surface area contributed by atoms with Crippen molar-refractivity contribution >= 4 is 35.1 Å². The topological polar surface area (TPSA) is 99.1 Å². The maximum Gasteiger partial charge on any atom is 0.305 e. The Bertz CT molecular complexity index is 1330. The number of carbonyl (C=O) groups excluding carboxylic acids is 2. The molecule has 1 atom stereocenters. The minimum absolute atomic E-state index is 0.00648. The zero-order valence-corrected chi connectivity index (χ0v) is 24.9. The van der Waals surface area contributed by atoms with Gasteiger partial charge >= 0.3 is 5.97 Å². The second-order valence-corrected chi connectivity index (χ2v) is 12.6. The smallest absolute Gasteiger partial charge is 0.305 e. The quantitative estimate of drug-likeness (QED) is 0.339. The molecule has 2 aromatic rings. The highest BCUT2D eigenvalue weighted by Crippen LogP contribution is 2.50. The lowest BCUT2D eigenvalue weighted by molar-refractivity contribution is -0.137. The van der Waals surface area contributed by atoms with Crippen molar-refractivity contribution in [1.82, 2.24) is 10.2 Å². The molecule has 0 bridgehead atoms. The molecule has 2 amide bonds. The van der Waals surface area contributed by atoms with Crippen LogP contribution in [0.4, 0.5) is 4.39 Å². The highest BCUT2D eigenvalue weighted by molar-refractivity contribution is 6.47. The van der Waals surface area contributed by atoms with Gasteiger partial charge in [-0.25, -0.2) is 4.39 Å². The van der Waals surface area contributed by atoms with Crippen LogP contribution < -0.4 is 5.32 Å². The van der Waals surface area contributed by atoms with Crippen LogP contribution >= 0.6 is 11.6 Å². The highest BCUT2D eigenvalue weighted by atomic mass is 35.5. The van der Waals surface area contributed by atoms with Crippen LogP contribution in [0.2, 0.25) is 5.02 Å². The first-order valence-electron chi connectivity index (χ1n) is 14.3. The van der Waals surface area contributed by atoms with Crippen molar-refractivity contribution in [3.8, 4) is 0 Å². The highest BCUT2D eigenvalue weighted by Gasteiger charge is 2.52. The van der Waals surface area contributed by atoms with Gasteiger partial charge in [0.1, 0.15) is 17.2 Å². The van der Waals surface area contributed by atoms with Gasteiger partial charge in [-0.3, -0.25) is 19.4 Å². The molecular weight excluding hydrogens is 545 g/mol. The molecular formula is C32H39ClFN3O4. The second kappa shape index (κ2) is 12.3. The Hall–Kier alpha value is -3.26. The predicted octanol–water partition coefficient (Wildman–Crippen LogP) is 6.79. The third-order valence-electron chi connectivity index (χ3n) is 8.45.